The second-order valence-electron chi connectivity index (χ2n) is 5.70. The van der Waals surface area contributed by atoms with Gasteiger partial charge >= 0.3 is 0 Å². The molecule has 126 valence electrons. The summed E-state index contributed by atoms with van der Waals surface area (Å²) in [6.45, 7) is 5.16. The number of aromatic nitrogens is 1. The second kappa shape index (κ2) is 8.98. The number of benzene rings is 1. The summed E-state index contributed by atoms with van der Waals surface area (Å²) in [6, 6.07) is 10.9. The molecule has 1 aromatic heterocycles. The summed E-state index contributed by atoms with van der Waals surface area (Å²) in [7, 11) is 0. The predicted molar refractivity (Wildman–Crippen MR) is 97.9 cm³/mol. The maximum absolute atomic E-state index is 12.4. The van der Waals surface area contributed by atoms with Gasteiger partial charge in [-0.2, -0.15) is 0 Å². The highest BCUT2D eigenvalue weighted by atomic mass is 32.1. The molecule has 0 saturated carbocycles. The lowest BCUT2D eigenvalue weighted by Gasteiger charge is -2.14. The molecule has 0 bridgehead atoms. The molecule has 2 aromatic rings. The molecule has 2 N–H and O–H groups in total. The average molecular weight is 343 g/mol. The first-order valence-corrected chi connectivity index (χ1v) is 8.17. The number of pyridine rings is 1. The number of rotatable bonds is 6. The van der Waals surface area contributed by atoms with Gasteiger partial charge in [0.1, 0.15) is 5.75 Å². The van der Waals surface area contributed by atoms with Crippen LogP contribution in [0, 0.1) is 5.92 Å². The lowest BCUT2D eigenvalue weighted by atomic mass is 10.2. The fourth-order valence-corrected chi connectivity index (χ4v) is 2.10. The molecule has 0 radical (unpaired) electrons. The summed E-state index contributed by atoms with van der Waals surface area (Å²) in [5.74, 6) is 0.639. The van der Waals surface area contributed by atoms with Gasteiger partial charge in [-0.25, -0.2) is 0 Å². The number of carbonyl (C=O) groups excluding carboxylic acids is 1. The van der Waals surface area contributed by atoms with Crippen molar-refractivity contribution in [3.63, 3.8) is 0 Å². The van der Waals surface area contributed by atoms with Crippen molar-refractivity contribution in [1.82, 2.24) is 15.6 Å². The SMILES string of the molecule is CC(C)COc1ccccc1C(=O)NC(=S)NCc1cccnc1. The van der Waals surface area contributed by atoms with E-state index in [1.807, 2.05) is 18.2 Å². The van der Waals surface area contributed by atoms with Crippen LogP contribution in [0.1, 0.15) is 29.8 Å². The predicted octanol–water partition coefficient (Wildman–Crippen LogP) is 2.92. The van der Waals surface area contributed by atoms with Gasteiger partial charge in [0, 0.05) is 18.9 Å². The van der Waals surface area contributed by atoms with Gasteiger partial charge in [-0.3, -0.25) is 15.1 Å². The van der Waals surface area contributed by atoms with E-state index in [9.17, 15) is 4.79 Å². The summed E-state index contributed by atoms with van der Waals surface area (Å²) in [4.78, 5) is 16.4. The van der Waals surface area contributed by atoms with Gasteiger partial charge in [-0.1, -0.05) is 32.0 Å². The Balaban J connectivity index is 1.93. The van der Waals surface area contributed by atoms with Gasteiger partial charge in [-0.05, 0) is 41.9 Å². The van der Waals surface area contributed by atoms with Crippen molar-refractivity contribution < 1.29 is 9.53 Å². The molecule has 0 fully saturated rings. The number of nitrogens with one attached hydrogen (secondary N) is 2. The van der Waals surface area contributed by atoms with Crippen LogP contribution in [-0.4, -0.2) is 22.6 Å². The number of carbonyl (C=O) groups is 1. The van der Waals surface area contributed by atoms with Crippen molar-refractivity contribution in [2.75, 3.05) is 6.61 Å². The topological polar surface area (TPSA) is 63.2 Å². The van der Waals surface area contributed by atoms with E-state index >= 15 is 0 Å². The quantitative estimate of drug-likeness (QED) is 0.790. The Labute approximate surface area is 147 Å². The molecule has 0 aliphatic heterocycles. The number of nitrogens with zero attached hydrogens (tertiary/aromatic N) is 1. The second-order valence-corrected chi connectivity index (χ2v) is 6.11. The van der Waals surface area contributed by atoms with Crippen LogP contribution in [0.15, 0.2) is 48.8 Å². The minimum absolute atomic E-state index is 0.266. The van der Waals surface area contributed by atoms with Gasteiger partial charge in [0.2, 0.25) is 0 Å². The molecule has 24 heavy (non-hydrogen) atoms. The van der Waals surface area contributed by atoms with Crippen molar-refractivity contribution in [3.8, 4) is 5.75 Å². The molecule has 1 amide bonds. The van der Waals surface area contributed by atoms with E-state index in [-0.39, 0.29) is 11.0 Å². The molecule has 0 atom stereocenters. The molecular weight excluding hydrogens is 322 g/mol. The van der Waals surface area contributed by atoms with Gasteiger partial charge < -0.3 is 10.1 Å². The van der Waals surface area contributed by atoms with Crippen molar-refractivity contribution in [2.45, 2.75) is 20.4 Å². The third-order valence-electron chi connectivity index (χ3n) is 3.11. The molecule has 1 aromatic carbocycles. The third kappa shape index (κ3) is 5.62. The summed E-state index contributed by atoms with van der Waals surface area (Å²) in [5, 5.41) is 5.93. The zero-order chi connectivity index (χ0) is 17.4. The Morgan fingerprint density at radius 1 is 1.25 bits per heavy atom. The van der Waals surface area contributed by atoms with E-state index in [1.54, 1.807) is 30.6 Å². The van der Waals surface area contributed by atoms with E-state index in [0.717, 1.165) is 5.56 Å². The molecule has 1 heterocycles. The smallest absolute Gasteiger partial charge is 0.261 e. The Bertz CT molecular complexity index is 690. The van der Waals surface area contributed by atoms with Crippen molar-refractivity contribution in [3.05, 3.63) is 59.9 Å². The standard InChI is InChI=1S/C18H21N3O2S/c1-13(2)12-23-16-8-4-3-7-15(16)17(22)21-18(24)20-11-14-6-5-9-19-10-14/h3-10,13H,11-12H2,1-2H3,(H2,20,21,22,24). The molecule has 2 rings (SSSR count). The maximum atomic E-state index is 12.4. The molecule has 0 aliphatic rings. The third-order valence-corrected chi connectivity index (χ3v) is 3.35. The van der Waals surface area contributed by atoms with E-state index in [2.05, 4.69) is 29.5 Å². The molecule has 6 heteroatoms. The van der Waals surface area contributed by atoms with Crippen LogP contribution < -0.4 is 15.4 Å². The van der Waals surface area contributed by atoms with E-state index in [1.165, 1.54) is 0 Å². The van der Waals surface area contributed by atoms with Crippen LogP contribution >= 0.6 is 12.2 Å². The van der Waals surface area contributed by atoms with Crippen molar-refractivity contribution in [2.24, 2.45) is 5.92 Å². The number of para-hydroxylation sites is 1. The summed E-state index contributed by atoms with van der Waals surface area (Å²) >= 11 is 5.17. The Kier molecular flexibility index (Phi) is 6.69. The molecule has 0 aliphatic carbocycles. The van der Waals surface area contributed by atoms with Crippen LogP contribution in [0.5, 0.6) is 5.75 Å². The number of hydrogen-bond acceptors (Lipinski definition) is 4. The van der Waals surface area contributed by atoms with Crippen LogP contribution in [0.25, 0.3) is 0 Å². The number of thiocarbonyl (C=S) groups is 1. The Morgan fingerprint density at radius 2 is 2.04 bits per heavy atom. The van der Waals surface area contributed by atoms with Crippen LogP contribution in [-0.2, 0) is 6.54 Å². The van der Waals surface area contributed by atoms with Gasteiger partial charge in [-0.15, -0.1) is 0 Å². The first-order chi connectivity index (χ1) is 11.6. The minimum atomic E-state index is -0.293. The first kappa shape index (κ1) is 17.9. The number of amides is 1. The normalized spacial score (nSPS) is 10.3. The van der Waals surface area contributed by atoms with Crippen LogP contribution in [0.4, 0.5) is 0 Å². The fourth-order valence-electron chi connectivity index (χ4n) is 1.94. The molecule has 0 unspecified atom stereocenters. The van der Waals surface area contributed by atoms with Crippen molar-refractivity contribution >= 4 is 23.2 Å². The lowest BCUT2D eigenvalue weighted by molar-refractivity contribution is 0.0972. The molecular formula is C18H21N3O2S. The monoisotopic (exact) mass is 343 g/mol. The molecule has 0 saturated heterocycles. The van der Waals surface area contributed by atoms with Crippen molar-refractivity contribution in [1.29, 1.82) is 0 Å². The highest BCUT2D eigenvalue weighted by Gasteiger charge is 2.13. The Morgan fingerprint density at radius 3 is 2.75 bits per heavy atom. The number of ether oxygens (including phenoxy) is 1. The number of hydrogen-bond donors (Lipinski definition) is 2. The minimum Gasteiger partial charge on any atom is -0.492 e. The lowest BCUT2D eigenvalue weighted by Crippen LogP contribution is -2.39. The van der Waals surface area contributed by atoms with Crippen LogP contribution in [0.2, 0.25) is 0 Å². The highest BCUT2D eigenvalue weighted by Crippen LogP contribution is 2.18. The van der Waals surface area contributed by atoms with E-state index in [0.29, 0.717) is 30.4 Å². The fraction of sp³-hybridized carbons (Fsp3) is 0.278. The average Bonchev–Trinajstić information content (AvgIpc) is 2.59. The molecule has 0 spiro atoms. The highest BCUT2D eigenvalue weighted by molar-refractivity contribution is 7.80. The zero-order valence-corrected chi connectivity index (χ0v) is 14.6. The first-order valence-electron chi connectivity index (χ1n) is 7.76. The molecule has 5 nitrogen and oxygen atoms in total. The van der Waals surface area contributed by atoms with Gasteiger partial charge in [0.25, 0.3) is 5.91 Å². The van der Waals surface area contributed by atoms with E-state index in [4.69, 9.17) is 17.0 Å². The van der Waals surface area contributed by atoms with Gasteiger partial charge in [0.15, 0.2) is 5.11 Å². The summed E-state index contributed by atoms with van der Waals surface area (Å²) in [5.41, 5.74) is 1.44. The summed E-state index contributed by atoms with van der Waals surface area (Å²) in [6.07, 6.45) is 3.45. The summed E-state index contributed by atoms with van der Waals surface area (Å²) < 4.78 is 5.70. The zero-order valence-electron chi connectivity index (χ0n) is 13.8. The van der Waals surface area contributed by atoms with Gasteiger partial charge in [0.05, 0.1) is 12.2 Å². The largest absolute Gasteiger partial charge is 0.492 e. The van der Waals surface area contributed by atoms with E-state index < -0.39 is 0 Å². The Hall–Kier alpha value is -2.47. The van der Waals surface area contributed by atoms with Crippen LogP contribution in [0.3, 0.4) is 0 Å². The maximum Gasteiger partial charge on any atom is 0.261 e.